The summed E-state index contributed by atoms with van der Waals surface area (Å²) in [6, 6.07) is 23.4. The molecule has 0 unspecified atom stereocenters. The molecule has 5 atom stereocenters. The first-order valence-electron chi connectivity index (χ1n) is 20.4. The van der Waals surface area contributed by atoms with Crippen LogP contribution in [-0.2, 0) is 20.7 Å². The molecule has 0 aliphatic carbocycles. The first-order chi connectivity index (χ1) is 31.0. The lowest BCUT2D eigenvalue weighted by Gasteiger charge is -2.40. The number of carbonyl (C=O) groups is 1. The lowest BCUT2D eigenvalue weighted by Crippen LogP contribution is -2.60. The van der Waals surface area contributed by atoms with E-state index in [-0.39, 0.29) is 18.2 Å². The number of azide groups is 1. The number of benzene rings is 4. The summed E-state index contributed by atoms with van der Waals surface area (Å²) in [6.45, 7) is 1.75. The van der Waals surface area contributed by atoms with Crippen molar-refractivity contribution in [2.24, 2.45) is 25.6 Å². The van der Waals surface area contributed by atoms with E-state index in [1.54, 1.807) is 24.3 Å². The fourth-order valence-electron chi connectivity index (χ4n) is 6.35. The first-order valence-corrected chi connectivity index (χ1v) is 20.4. The van der Waals surface area contributed by atoms with Gasteiger partial charge in [0.1, 0.15) is 53.0 Å². The molecule has 1 saturated heterocycles. The number of anilines is 1. The SMILES string of the molecule is COc1cc(N=Nc2ccc([N+](=O)[O-])cc2)c(OC)cc1N=Nc1ccc(N(C)CCCC(=O)NCCc2ccc(O[C@@H]3O[C@H](COCCCCN=[N+]=[N-])[C@@H](O)[C@H](O)[C@H]3O)cc2)cc1. The van der Waals surface area contributed by atoms with Crippen molar-refractivity contribution in [3.63, 3.8) is 0 Å². The van der Waals surface area contributed by atoms with Crippen LogP contribution in [0.4, 0.5) is 34.1 Å². The Morgan fingerprint density at radius 2 is 1.48 bits per heavy atom. The molecule has 0 aromatic heterocycles. The van der Waals surface area contributed by atoms with Crippen LogP contribution in [0, 0.1) is 10.1 Å². The van der Waals surface area contributed by atoms with E-state index in [4.69, 9.17) is 29.2 Å². The van der Waals surface area contributed by atoms with Crippen molar-refractivity contribution in [2.75, 3.05) is 59.0 Å². The van der Waals surface area contributed by atoms with Gasteiger partial charge in [0.05, 0.1) is 37.1 Å². The number of hydrogen-bond acceptors (Lipinski definition) is 17. The predicted molar refractivity (Wildman–Crippen MR) is 234 cm³/mol. The fourth-order valence-corrected chi connectivity index (χ4v) is 6.35. The number of azo groups is 2. The highest BCUT2D eigenvalue weighted by Crippen LogP contribution is 2.41. The van der Waals surface area contributed by atoms with Crippen molar-refractivity contribution in [3.05, 3.63) is 111 Å². The Morgan fingerprint density at radius 1 is 0.859 bits per heavy atom. The smallest absolute Gasteiger partial charge is 0.269 e. The van der Waals surface area contributed by atoms with Gasteiger partial charge in [0.25, 0.3) is 5.69 Å². The Kier molecular flexibility index (Phi) is 18.7. The highest BCUT2D eigenvalue weighted by molar-refractivity contribution is 5.75. The van der Waals surface area contributed by atoms with Crippen LogP contribution >= 0.6 is 0 Å². The van der Waals surface area contributed by atoms with Crippen LogP contribution in [0.1, 0.15) is 31.2 Å². The minimum absolute atomic E-state index is 0.0295. The number of nitro benzene ring substituents is 1. The summed E-state index contributed by atoms with van der Waals surface area (Å²) in [5.74, 6) is 1.07. The van der Waals surface area contributed by atoms with Crippen LogP contribution < -0.4 is 24.4 Å². The second kappa shape index (κ2) is 24.8. The van der Waals surface area contributed by atoms with Gasteiger partial charge >= 0.3 is 0 Å². The molecular formula is C43H52N10O11. The van der Waals surface area contributed by atoms with Gasteiger partial charge in [-0.25, -0.2) is 0 Å². The quantitative estimate of drug-likeness (QED) is 0.0135. The number of nitrogens with one attached hydrogen (secondary N) is 1. The second-order valence-electron chi connectivity index (χ2n) is 14.5. The zero-order valence-electron chi connectivity index (χ0n) is 35.7. The number of aliphatic hydroxyl groups is 3. The third-order valence-electron chi connectivity index (χ3n) is 10.00. The molecule has 1 aliphatic rings. The molecule has 4 N–H and O–H groups in total. The molecule has 1 heterocycles. The number of nitrogens with zero attached hydrogens (tertiary/aromatic N) is 9. The summed E-state index contributed by atoms with van der Waals surface area (Å²) in [7, 11) is 4.92. The van der Waals surface area contributed by atoms with E-state index in [0.717, 1.165) is 11.3 Å². The highest BCUT2D eigenvalue weighted by Gasteiger charge is 2.45. The van der Waals surface area contributed by atoms with Crippen molar-refractivity contribution in [3.8, 4) is 17.2 Å². The maximum Gasteiger partial charge on any atom is 0.269 e. The normalized spacial score (nSPS) is 18.4. The van der Waals surface area contributed by atoms with E-state index in [1.807, 2.05) is 48.3 Å². The van der Waals surface area contributed by atoms with Crippen LogP contribution in [0.5, 0.6) is 17.2 Å². The van der Waals surface area contributed by atoms with Crippen LogP contribution in [0.25, 0.3) is 10.4 Å². The molecule has 21 heteroatoms. The molecule has 5 rings (SSSR count). The predicted octanol–water partition coefficient (Wildman–Crippen LogP) is 7.31. The molecule has 4 aromatic rings. The Balaban J connectivity index is 1.02. The van der Waals surface area contributed by atoms with E-state index in [9.17, 15) is 30.2 Å². The molecule has 1 fully saturated rings. The van der Waals surface area contributed by atoms with Crippen LogP contribution in [0.2, 0.25) is 0 Å². The molecule has 0 spiro atoms. The van der Waals surface area contributed by atoms with Gasteiger partial charge in [-0.1, -0.05) is 17.2 Å². The van der Waals surface area contributed by atoms with Gasteiger partial charge in [-0.05, 0) is 85.3 Å². The Morgan fingerprint density at radius 3 is 2.08 bits per heavy atom. The van der Waals surface area contributed by atoms with E-state index in [0.29, 0.717) is 98.3 Å². The van der Waals surface area contributed by atoms with Gasteiger partial charge in [-0.3, -0.25) is 14.9 Å². The number of unbranched alkanes of at least 4 members (excludes halogenated alkanes) is 1. The van der Waals surface area contributed by atoms with Gasteiger partial charge in [0, 0.05) is 74.6 Å². The second-order valence-corrected chi connectivity index (χ2v) is 14.5. The van der Waals surface area contributed by atoms with Crippen molar-refractivity contribution in [1.82, 2.24) is 5.32 Å². The van der Waals surface area contributed by atoms with Crippen molar-refractivity contribution < 1.29 is 48.7 Å². The molecular weight excluding hydrogens is 833 g/mol. The first kappa shape index (κ1) is 48.3. The van der Waals surface area contributed by atoms with E-state index in [1.165, 1.54) is 38.5 Å². The number of aliphatic hydroxyl groups excluding tert-OH is 3. The number of nitro groups is 1. The van der Waals surface area contributed by atoms with E-state index < -0.39 is 35.6 Å². The average molecular weight is 885 g/mol. The lowest BCUT2D eigenvalue weighted by atomic mass is 9.99. The van der Waals surface area contributed by atoms with Crippen molar-refractivity contribution in [1.29, 1.82) is 0 Å². The number of amides is 1. The number of carbonyl (C=O) groups excluding carboxylic acids is 1. The fraction of sp³-hybridized carbons (Fsp3) is 0.419. The van der Waals surface area contributed by atoms with Gasteiger partial charge in [0.15, 0.2) is 0 Å². The van der Waals surface area contributed by atoms with Crippen molar-refractivity contribution >= 4 is 40.0 Å². The molecule has 0 radical (unpaired) electrons. The third-order valence-corrected chi connectivity index (χ3v) is 10.00. The summed E-state index contributed by atoms with van der Waals surface area (Å²) in [6.07, 6.45) is -3.70. The highest BCUT2D eigenvalue weighted by atomic mass is 16.7. The summed E-state index contributed by atoms with van der Waals surface area (Å²) in [4.78, 5) is 27.8. The van der Waals surface area contributed by atoms with Gasteiger partial charge in [-0.15, -0.1) is 10.2 Å². The minimum atomic E-state index is -1.50. The number of methoxy groups -OCH3 is 2. The van der Waals surface area contributed by atoms with E-state index >= 15 is 0 Å². The maximum atomic E-state index is 12.6. The van der Waals surface area contributed by atoms with Crippen LogP contribution in [0.3, 0.4) is 0 Å². The number of ether oxygens (including phenoxy) is 5. The monoisotopic (exact) mass is 884 g/mol. The largest absolute Gasteiger partial charge is 0.494 e. The molecule has 64 heavy (non-hydrogen) atoms. The van der Waals surface area contributed by atoms with Crippen LogP contribution in [-0.4, -0.2) is 111 Å². The van der Waals surface area contributed by atoms with Crippen LogP contribution in [0.15, 0.2) is 111 Å². The molecule has 0 bridgehead atoms. The van der Waals surface area contributed by atoms with E-state index in [2.05, 4.69) is 35.8 Å². The topological polar surface area (TPSA) is 281 Å². The molecule has 0 saturated carbocycles. The summed E-state index contributed by atoms with van der Waals surface area (Å²) in [5, 5.41) is 65.7. The standard InChI is InChI=1S/C43H52N10O11/c1-52(31-14-10-29(11-15-31)47-49-34-25-37(61-3)35(26-36(34)60-2)50-48-30-12-16-32(17-13-30)53(58)59)23-6-7-39(54)45-22-20-28-8-18-33(19-9-28)63-43-42(57)41(56)40(55)38(64-43)27-62-24-5-4-21-46-51-44/h8-19,25-26,38,40-43,55-57H,4-7,20-24,27H2,1-3H3,(H,45,54)/t38-,40-,41+,42-,43-/m1/s1. The molecule has 21 nitrogen and oxygen atoms in total. The molecule has 1 aliphatic heterocycles. The number of rotatable bonds is 24. The number of hydrogen-bond donors (Lipinski definition) is 4. The van der Waals surface area contributed by atoms with Gasteiger partial charge < -0.3 is 49.2 Å². The van der Waals surface area contributed by atoms with Gasteiger partial charge in [-0.2, -0.15) is 10.2 Å². The zero-order chi connectivity index (χ0) is 45.8. The molecule has 1 amide bonds. The Labute approximate surface area is 369 Å². The minimum Gasteiger partial charge on any atom is -0.494 e. The number of non-ortho nitro benzene ring substituents is 1. The third kappa shape index (κ3) is 14.4. The molecule has 340 valence electrons. The summed E-state index contributed by atoms with van der Waals surface area (Å²) >= 11 is 0. The Hall–Kier alpha value is -6.74. The molecule has 4 aromatic carbocycles. The maximum absolute atomic E-state index is 12.6. The van der Waals surface area contributed by atoms with Gasteiger partial charge in [0.2, 0.25) is 12.2 Å². The lowest BCUT2D eigenvalue weighted by molar-refractivity contribution is -0.384. The Bertz CT molecular complexity index is 2220. The van der Waals surface area contributed by atoms with Crippen molar-refractivity contribution in [2.45, 2.75) is 62.8 Å². The average Bonchev–Trinajstić information content (AvgIpc) is 3.31. The zero-order valence-corrected chi connectivity index (χ0v) is 35.7. The summed E-state index contributed by atoms with van der Waals surface area (Å²) < 4.78 is 28.1. The summed E-state index contributed by atoms with van der Waals surface area (Å²) in [5.41, 5.74) is 12.0.